The molecule has 0 aliphatic carbocycles. The highest BCUT2D eigenvalue weighted by atomic mass is 16.5. The maximum absolute atomic E-state index is 12.6. The molecule has 29 heavy (non-hydrogen) atoms. The number of H-pyrrole nitrogens is 1. The Bertz CT molecular complexity index is 1230. The number of nitrogens with one attached hydrogen (secondary N) is 2. The smallest absolute Gasteiger partial charge is 0.337 e. The predicted molar refractivity (Wildman–Crippen MR) is 105 cm³/mol. The molecule has 0 saturated heterocycles. The number of aromatic nitrogens is 4. The first-order valence-electron chi connectivity index (χ1n) is 8.56. The Morgan fingerprint density at radius 3 is 2.69 bits per heavy atom. The molecule has 2 aromatic heterocycles. The maximum Gasteiger partial charge on any atom is 0.337 e. The minimum atomic E-state index is -0.537. The average Bonchev–Trinajstić information content (AvgIpc) is 3.15. The number of hydrogen-bond acceptors (Lipinski definition) is 7. The molecule has 9 nitrogen and oxygen atoms in total. The lowest BCUT2D eigenvalue weighted by molar-refractivity contribution is 0.0600. The van der Waals surface area contributed by atoms with Gasteiger partial charge < -0.3 is 15.2 Å². The van der Waals surface area contributed by atoms with Gasteiger partial charge in [-0.25, -0.2) is 14.8 Å². The maximum atomic E-state index is 12.6. The standard InChI is InChI=1S/C20H15N5O4/c1-29-20(28)12-6-4-5-11(9-12)19(27)23-18-16-17(24-25-18)21-10-14(22-16)13-7-2-3-8-15(13)26/h2-10,26H,1H3,(H2,21,23,24,25,27). The van der Waals surface area contributed by atoms with Crippen molar-refractivity contribution in [2.75, 3.05) is 12.4 Å². The van der Waals surface area contributed by atoms with Gasteiger partial charge in [-0.15, -0.1) is 0 Å². The average molecular weight is 389 g/mol. The van der Waals surface area contributed by atoms with E-state index < -0.39 is 11.9 Å². The number of carbonyl (C=O) groups excluding carboxylic acids is 2. The fourth-order valence-electron chi connectivity index (χ4n) is 2.79. The lowest BCUT2D eigenvalue weighted by Gasteiger charge is -2.06. The predicted octanol–water partition coefficient (Wildman–Crippen LogP) is 2.76. The summed E-state index contributed by atoms with van der Waals surface area (Å²) in [6, 6.07) is 12.9. The van der Waals surface area contributed by atoms with E-state index in [1.807, 2.05) is 0 Å². The number of fused-ring (bicyclic) bond motifs is 1. The number of benzene rings is 2. The summed E-state index contributed by atoms with van der Waals surface area (Å²) < 4.78 is 4.67. The van der Waals surface area contributed by atoms with Crippen molar-refractivity contribution in [2.24, 2.45) is 0 Å². The molecule has 4 rings (SSSR count). The topological polar surface area (TPSA) is 130 Å². The quantitative estimate of drug-likeness (QED) is 0.458. The number of para-hydroxylation sites is 1. The van der Waals surface area contributed by atoms with Gasteiger partial charge in [0.25, 0.3) is 5.91 Å². The molecule has 3 N–H and O–H groups in total. The molecule has 2 heterocycles. The third-order valence-corrected chi connectivity index (χ3v) is 4.23. The number of phenols is 1. The van der Waals surface area contributed by atoms with Crippen LogP contribution in [0.3, 0.4) is 0 Å². The van der Waals surface area contributed by atoms with Crippen molar-refractivity contribution in [2.45, 2.75) is 0 Å². The van der Waals surface area contributed by atoms with E-state index >= 15 is 0 Å². The number of ether oxygens (including phenoxy) is 1. The lowest BCUT2D eigenvalue weighted by atomic mass is 10.1. The van der Waals surface area contributed by atoms with Crippen LogP contribution in [-0.2, 0) is 4.74 Å². The third kappa shape index (κ3) is 3.48. The number of esters is 1. The van der Waals surface area contributed by atoms with Crippen molar-refractivity contribution in [3.8, 4) is 17.0 Å². The molecule has 0 radical (unpaired) electrons. The first kappa shape index (κ1) is 18.1. The summed E-state index contributed by atoms with van der Waals surface area (Å²) in [4.78, 5) is 33.0. The van der Waals surface area contributed by atoms with Crippen molar-refractivity contribution in [3.05, 3.63) is 65.9 Å². The van der Waals surface area contributed by atoms with Gasteiger partial charge in [-0.1, -0.05) is 18.2 Å². The number of methoxy groups -OCH3 is 1. The van der Waals surface area contributed by atoms with Crippen LogP contribution in [-0.4, -0.2) is 44.3 Å². The van der Waals surface area contributed by atoms with Crippen molar-refractivity contribution >= 4 is 28.9 Å². The Balaban J connectivity index is 1.66. The third-order valence-electron chi connectivity index (χ3n) is 4.23. The van der Waals surface area contributed by atoms with Gasteiger partial charge >= 0.3 is 5.97 Å². The number of anilines is 1. The number of hydrogen-bond donors (Lipinski definition) is 3. The number of aromatic amines is 1. The number of rotatable bonds is 4. The molecular weight excluding hydrogens is 374 g/mol. The minimum Gasteiger partial charge on any atom is -0.507 e. The Kier molecular flexibility index (Phi) is 4.62. The van der Waals surface area contributed by atoms with Crippen LogP contribution in [0, 0.1) is 0 Å². The van der Waals surface area contributed by atoms with Gasteiger partial charge in [-0.2, -0.15) is 5.10 Å². The molecule has 0 saturated carbocycles. The Morgan fingerprint density at radius 2 is 1.90 bits per heavy atom. The van der Waals surface area contributed by atoms with Gasteiger partial charge in [-0.05, 0) is 30.3 Å². The van der Waals surface area contributed by atoms with E-state index in [2.05, 4.69) is 30.2 Å². The molecule has 4 aromatic rings. The van der Waals surface area contributed by atoms with E-state index in [0.29, 0.717) is 22.4 Å². The van der Waals surface area contributed by atoms with Gasteiger partial charge in [-0.3, -0.25) is 9.89 Å². The Hall–Kier alpha value is -4.27. The van der Waals surface area contributed by atoms with Gasteiger partial charge in [0.15, 0.2) is 11.3 Å². The minimum absolute atomic E-state index is 0.0647. The van der Waals surface area contributed by atoms with Crippen LogP contribution < -0.4 is 5.32 Å². The first-order valence-corrected chi connectivity index (χ1v) is 8.56. The number of phenolic OH excluding ortho intramolecular Hbond substituents is 1. The van der Waals surface area contributed by atoms with Crippen LogP contribution in [0.15, 0.2) is 54.7 Å². The zero-order chi connectivity index (χ0) is 20.4. The molecule has 0 bridgehead atoms. The molecule has 0 fully saturated rings. The molecule has 0 aliphatic heterocycles. The Morgan fingerprint density at radius 1 is 1.10 bits per heavy atom. The number of carbonyl (C=O) groups is 2. The molecule has 0 spiro atoms. The molecule has 0 atom stereocenters. The van der Waals surface area contributed by atoms with E-state index in [1.54, 1.807) is 42.5 Å². The fourth-order valence-corrected chi connectivity index (χ4v) is 2.79. The number of aromatic hydroxyl groups is 1. The van der Waals surface area contributed by atoms with Crippen LogP contribution >= 0.6 is 0 Å². The summed E-state index contributed by atoms with van der Waals surface area (Å²) in [7, 11) is 1.27. The zero-order valence-electron chi connectivity index (χ0n) is 15.2. The van der Waals surface area contributed by atoms with Crippen LogP contribution in [0.5, 0.6) is 5.75 Å². The van der Waals surface area contributed by atoms with E-state index in [-0.39, 0.29) is 22.7 Å². The van der Waals surface area contributed by atoms with Gasteiger partial charge in [0.1, 0.15) is 5.75 Å². The molecule has 0 aliphatic rings. The SMILES string of the molecule is COC(=O)c1cccc(C(=O)Nc2[nH]nc3ncc(-c4ccccc4O)nc23)c1. The number of amides is 1. The van der Waals surface area contributed by atoms with Crippen molar-refractivity contribution in [1.82, 2.24) is 20.2 Å². The number of nitrogens with zero attached hydrogens (tertiary/aromatic N) is 3. The normalized spacial score (nSPS) is 10.7. The second-order valence-electron chi connectivity index (χ2n) is 6.07. The fraction of sp³-hybridized carbons (Fsp3) is 0.0500. The van der Waals surface area contributed by atoms with Crippen LogP contribution in [0.4, 0.5) is 5.82 Å². The summed E-state index contributed by atoms with van der Waals surface area (Å²) >= 11 is 0. The molecule has 1 amide bonds. The highest BCUT2D eigenvalue weighted by Gasteiger charge is 2.16. The van der Waals surface area contributed by atoms with Crippen LogP contribution in [0.1, 0.15) is 20.7 Å². The van der Waals surface area contributed by atoms with Gasteiger partial charge in [0, 0.05) is 11.1 Å². The van der Waals surface area contributed by atoms with E-state index in [4.69, 9.17) is 0 Å². The van der Waals surface area contributed by atoms with Crippen molar-refractivity contribution in [1.29, 1.82) is 0 Å². The Labute approximate surface area is 164 Å². The van der Waals surface area contributed by atoms with Crippen LogP contribution in [0.2, 0.25) is 0 Å². The van der Waals surface area contributed by atoms with E-state index in [0.717, 1.165) is 0 Å². The largest absolute Gasteiger partial charge is 0.507 e. The van der Waals surface area contributed by atoms with Crippen molar-refractivity contribution in [3.63, 3.8) is 0 Å². The molecule has 0 unspecified atom stereocenters. The zero-order valence-corrected chi connectivity index (χ0v) is 15.2. The molecule has 2 aromatic carbocycles. The summed E-state index contributed by atoms with van der Waals surface area (Å²) in [5, 5.41) is 19.5. The molecular formula is C20H15N5O4. The second kappa shape index (κ2) is 7.39. The van der Waals surface area contributed by atoms with E-state index in [1.165, 1.54) is 19.4 Å². The highest BCUT2D eigenvalue weighted by molar-refractivity contribution is 6.08. The monoisotopic (exact) mass is 389 g/mol. The molecule has 144 valence electrons. The van der Waals surface area contributed by atoms with Gasteiger partial charge in [0.2, 0.25) is 5.65 Å². The lowest BCUT2D eigenvalue weighted by Crippen LogP contribution is -2.13. The van der Waals surface area contributed by atoms with Crippen molar-refractivity contribution < 1.29 is 19.4 Å². The molecule has 9 heteroatoms. The second-order valence-corrected chi connectivity index (χ2v) is 6.07. The summed E-state index contributed by atoms with van der Waals surface area (Å²) in [6.07, 6.45) is 1.49. The summed E-state index contributed by atoms with van der Waals surface area (Å²) in [5.41, 5.74) is 2.11. The van der Waals surface area contributed by atoms with Crippen LogP contribution in [0.25, 0.3) is 22.4 Å². The van der Waals surface area contributed by atoms with E-state index in [9.17, 15) is 14.7 Å². The summed E-state index contributed by atoms with van der Waals surface area (Å²) in [5.74, 6) is -0.686. The summed E-state index contributed by atoms with van der Waals surface area (Å²) in [6.45, 7) is 0. The first-order chi connectivity index (χ1) is 14.1. The highest BCUT2D eigenvalue weighted by Crippen LogP contribution is 2.28. The van der Waals surface area contributed by atoms with Gasteiger partial charge in [0.05, 0.1) is 24.6 Å².